The second kappa shape index (κ2) is 6.48. The number of nitrogens with zero attached hydrogens (tertiary/aromatic N) is 2. The Morgan fingerprint density at radius 3 is 2.56 bits per heavy atom. The van der Waals surface area contributed by atoms with Gasteiger partial charge in [-0.2, -0.15) is 0 Å². The normalized spacial score (nSPS) is 12.0. The van der Waals surface area contributed by atoms with Crippen molar-refractivity contribution < 1.29 is 13.2 Å². The molecule has 1 amide bonds. The first-order chi connectivity index (χ1) is 11.9. The van der Waals surface area contributed by atoms with Gasteiger partial charge in [0.05, 0.1) is 15.9 Å². The maximum atomic E-state index is 12.2. The van der Waals surface area contributed by atoms with Crippen molar-refractivity contribution >= 4 is 33.1 Å². The second-order valence-corrected chi connectivity index (χ2v) is 7.52. The molecular formula is C17H15N3O4S. The van der Waals surface area contributed by atoms with Gasteiger partial charge in [-0.05, 0) is 31.2 Å². The Morgan fingerprint density at radius 1 is 1.16 bits per heavy atom. The number of nitrogens with one attached hydrogen (secondary N) is 1. The number of benzene rings is 2. The topological polar surface area (TPSA) is 101 Å². The molecule has 1 N–H and O–H groups in total. The average molecular weight is 357 g/mol. The number of H-pyrrole nitrogens is 1. The van der Waals surface area contributed by atoms with Crippen LogP contribution in [0.1, 0.15) is 5.56 Å². The summed E-state index contributed by atoms with van der Waals surface area (Å²) in [6.45, 7) is 1.84. The number of rotatable bonds is 4. The number of imidazole rings is 1. The standard InChI is InChI=1S/C17H15N3O4S/c1-12-6-8-13(9-7-12)25(23,24)10-16(21)18-11-20-15-5-3-2-4-14(15)19-17(20)22/h2-9,11H,10H2,1H3,(H,19,22). The third kappa shape index (κ3) is 3.58. The Labute approximate surface area is 143 Å². The second-order valence-electron chi connectivity index (χ2n) is 5.53. The van der Waals surface area contributed by atoms with Gasteiger partial charge in [0, 0.05) is 0 Å². The fourth-order valence-corrected chi connectivity index (χ4v) is 3.46. The van der Waals surface area contributed by atoms with E-state index < -0.39 is 27.2 Å². The van der Waals surface area contributed by atoms with Gasteiger partial charge in [0.15, 0.2) is 9.84 Å². The third-order valence-electron chi connectivity index (χ3n) is 3.63. The lowest BCUT2D eigenvalue weighted by Crippen LogP contribution is -2.19. The predicted octanol–water partition coefficient (Wildman–Crippen LogP) is 1.51. The summed E-state index contributed by atoms with van der Waals surface area (Å²) >= 11 is 0. The molecule has 2 aromatic carbocycles. The van der Waals surface area contributed by atoms with Crippen molar-refractivity contribution in [3.63, 3.8) is 0 Å². The molecule has 25 heavy (non-hydrogen) atoms. The molecule has 0 aliphatic rings. The molecule has 1 heterocycles. The van der Waals surface area contributed by atoms with Gasteiger partial charge in [0.25, 0.3) is 5.91 Å². The summed E-state index contributed by atoms with van der Waals surface area (Å²) in [6, 6.07) is 13.1. The molecule has 0 unspecified atom stereocenters. The van der Waals surface area contributed by atoms with Gasteiger partial charge in [0.1, 0.15) is 12.1 Å². The quantitative estimate of drug-likeness (QED) is 0.565. The number of hydrogen-bond acceptors (Lipinski definition) is 4. The van der Waals surface area contributed by atoms with Crippen LogP contribution in [-0.2, 0) is 14.6 Å². The van der Waals surface area contributed by atoms with E-state index in [4.69, 9.17) is 0 Å². The lowest BCUT2D eigenvalue weighted by Gasteiger charge is -2.02. The fourth-order valence-electron chi connectivity index (χ4n) is 2.34. The number of fused-ring (bicyclic) bond motifs is 1. The Kier molecular flexibility index (Phi) is 4.37. The minimum atomic E-state index is -3.78. The zero-order chi connectivity index (χ0) is 18.0. The third-order valence-corrected chi connectivity index (χ3v) is 5.25. The summed E-state index contributed by atoms with van der Waals surface area (Å²) in [5.74, 6) is -1.61. The lowest BCUT2D eigenvalue weighted by atomic mass is 10.2. The molecular weight excluding hydrogens is 342 g/mol. The van der Waals surface area contributed by atoms with Gasteiger partial charge in [-0.15, -0.1) is 0 Å². The van der Waals surface area contributed by atoms with Gasteiger partial charge in [-0.25, -0.2) is 18.2 Å². The van der Waals surface area contributed by atoms with E-state index in [1.54, 1.807) is 36.4 Å². The Hall–Kier alpha value is -3.00. The van der Waals surface area contributed by atoms with Crippen LogP contribution in [0.4, 0.5) is 0 Å². The molecule has 0 spiro atoms. The van der Waals surface area contributed by atoms with Gasteiger partial charge in [-0.1, -0.05) is 29.8 Å². The number of aryl methyl sites for hydroxylation is 1. The summed E-state index contributed by atoms with van der Waals surface area (Å²) < 4.78 is 25.6. The van der Waals surface area contributed by atoms with Crippen molar-refractivity contribution in [1.29, 1.82) is 0 Å². The van der Waals surface area contributed by atoms with Crippen molar-refractivity contribution in [3.05, 3.63) is 64.6 Å². The van der Waals surface area contributed by atoms with Crippen LogP contribution in [0.3, 0.4) is 0 Å². The van der Waals surface area contributed by atoms with Crippen LogP contribution in [0.25, 0.3) is 11.0 Å². The monoisotopic (exact) mass is 357 g/mol. The van der Waals surface area contributed by atoms with Gasteiger partial charge >= 0.3 is 5.69 Å². The number of hydrogen-bond donors (Lipinski definition) is 1. The van der Waals surface area contributed by atoms with Gasteiger partial charge in [-0.3, -0.25) is 9.36 Å². The SMILES string of the molecule is Cc1ccc(S(=O)(=O)CC(=O)N=Cn2c(=O)[nH]c3ccccc32)cc1. The van der Waals surface area contributed by atoms with E-state index >= 15 is 0 Å². The molecule has 7 nitrogen and oxygen atoms in total. The molecule has 1 aromatic heterocycles. The Balaban J connectivity index is 1.82. The lowest BCUT2D eigenvalue weighted by molar-refractivity contribution is -0.115. The number of aromatic amines is 1. The number of sulfone groups is 1. The molecule has 3 rings (SSSR count). The highest BCUT2D eigenvalue weighted by Crippen LogP contribution is 2.12. The minimum Gasteiger partial charge on any atom is -0.305 e. The summed E-state index contributed by atoms with van der Waals surface area (Å²) in [5, 5.41) is 0. The van der Waals surface area contributed by atoms with E-state index in [1.165, 1.54) is 12.1 Å². The fraction of sp³-hybridized carbons (Fsp3) is 0.118. The number of amides is 1. The molecule has 0 saturated heterocycles. The largest absolute Gasteiger partial charge is 0.331 e. The average Bonchev–Trinajstić information content (AvgIpc) is 2.88. The first kappa shape index (κ1) is 16.8. The highest BCUT2D eigenvalue weighted by atomic mass is 32.2. The molecule has 0 atom stereocenters. The van der Waals surface area contributed by atoms with E-state index in [9.17, 15) is 18.0 Å². The van der Waals surface area contributed by atoms with E-state index in [-0.39, 0.29) is 4.90 Å². The smallest absolute Gasteiger partial charge is 0.305 e. The van der Waals surface area contributed by atoms with Crippen LogP contribution in [0.15, 0.2) is 63.2 Å². The summed E-state index contributed by atoms with van der Waals surface area (Å²) in [7, 11) is -3.78. The van der Waals surface area contributed by atoms with Crippen LogP contribution >= 0.6 is 0 Å². The minimum absolute atomic E-state index is 0.0610. The molecule has 0 bridgehead atoms. The number of para-hydroxylation sites is 2. The highest BCUT2D eigenvalue weighted by molar-refractivity contribution is 7.92. The van der Waals surface area contributed by atoms with Crippen molar-refractivity contribution in [2.75, 3.05) is 5.75 Å². The van der Waals surface area contributed by atoms with Crippen LogP contribution in [0, 0.1) is 6.92 Å². The molecule has 0 radical (unpaired) electrons. The number of aromatic nitrogens is 2. The molecule has 0 aliphatic heterocycles. The summed E-state index contributed by atoms with van der Waals surface area (Å²) in [6.07, 6.45) is 1.04. The van der Waals surface area contributed by atoms with Crippen molar-refractivity contribution in [1.82, 2.24) is 9.55 Å². The molecule has 3 aromatic rings. The number of carbonyl (C=O) groups excluding carboxylic acids is 1. The highest BCUT2D eigenvalue weighted by Gasteiger charge is 2.18. The number of carbonyl (C=O) groups is 1. The van der Waals surface area contributed by atoms with Gasteiger partial charge < -0.3 is 4.98 Å². The first-order valence-corrected chi connectivity index (χ1v) is 9.08. The van der Waals surface area contributed by atoms with Crippen LogP contribution in [0.2, 0.25) is 0 Å². The maximum Gasteiger partial charge on any atom is 0.331 e. The molecule has 8 heteroatoms. The van der Waals surface area contributed by atoms with Crippen molar-refractivity contribution in [2.24, 2.45) is 4.99 Å². The van der Waals surface area contributed by atoms with E-state index in [0.717, 1.165) is 16.5 Å². The first-order valence-electron chi connectivity index (χ1n) is 7.42. The van der Waals surface area contributed by atoms with E-state index in [2.05, 4.69) is 9.98 Å². The summed E-state index contributed by atoms with van der Waals surface area (Å²) in [5.41, 5.74) is 1.60. The van der Waals surface area contributed by atoms with E-state index in [1.807, 2.05) is 6.92 Å². The zero-order valence-corrected chi connectivity index (χ0v) is 14.2. The number of aliphatic imine (C=N–C) groups is 1. The predicted molar refractivity (Wildman–Crippen MR) is 94.7 cm³/mol. The molecule has 0 aliphatic carbocycles. The molecule has 0 saturated carbocycles. The van der Waals surface area contributed by atoms with Crippen molar-refractivity contribution in [3.8, 4) is 0 Å². The van der Waals surface area contributed by atoms with Crippen LogP contribution < -0.4 is 5.69 Å². The van der Waals surface area contributed by atoms with Crippen LogP contribution in [0.5, 0.6) is 0 Å². The van der Waals surface area contributed by atoms with E-state index in [0.29, 0.717) is 11.0 Å². The van der Waals surface area contributed by atoms with Crippen molar-refractivity contribution in [2.45, 2.75) is 11.8 Å². The molecule has 128 valence electrons. The van der Waals surface area contributed by atoms with Gasteiger partial charge in [0.2, 0.25) is 0 Å². The zero-order valence-electron chi connectivity index (χ0n) is 13.3. The maximum absolute atomic E-state index is 12.2. The Bertz CT molecular complexity index is 1120. The van der Waals surface area contributed by atoms with Crippen LogP contribution in [-0.4, -0.2) is 36.0 Å². The Morgan fingerprint density at radius 2 is 1.84 bits per heavy atom. The molecule has 0 fully saturated rings. The summed E-state index contributed by atoms with van der Waals surface area (Å²) in [4.78, 5) is 30.1.